The third kappa shape index (κ3) is 5.34. The standard InChI is InChI=1S/C14H25N3O/c1-6-18-13-9-12(5)16-14(17-13)15-11(4)8-7-10(2)3/h9-11H,6-8H2,1-5H3,(H,15,16,17). The molecule has 1 atom stereocenters. The van der Waals surface area contributed by atoms with E-state index < -0.39 is 0 Å². The molecule has 0 saturated heterocycles. The van der Waals surface area contributed by atoms with Crippen LogP contribution < -0.4 is 10.1 Å². The lowest BCUT2D eigenvalue weighted by molar-refractivity contribution is 0.326. The summed E-state index contributed by atoms with van der Waals surface area (Å²) in [6, 6.07) is 2.23. The number of aromatic nitrogens is 2. The van der Waals surface area contributed by atoms with Crippen molar-refractivity contribution in [2.75, 3.05) is 11.9 Å². The molecule has 4 nitrogen and oxygen atoms in total. The van der Waals surface area contributed by atoms with E-state index in [4.69, 9.17) is 4.74 Å². The summed E-state index contributed by atoms with van der Waals surface area (Å²) in [5.74, 6) is 2.03. The Kier molecular flexibility index (Phi) is 5.89. The molecule has 1 N–H and O–H groups in total. The molecule has 102 valence electrons. The van der Waals surface area contributed by atoms with Gasteiger partial charge >= 0.3 is 0 Å². The molecule has 0 fully saturated rings. The number of ether oxygens (including phenoxy) is 1. The maximum Gasteiger partial charge on any atom is 0.226 e. The number of hydrogen-bond acceptors (Lipinski definition) is 4. The van der Waals surface area contributed by atoms with Gasteiger partial charge in [0.25, 0.3) is 0 Å². The van der Waals surface area contributed by atoms with Crippen LogP contribution in [0.25, 0.3) is 0 Å². The average molecular weight is 251 g/mol. The Morgan fingerprint density at radius 2 is 1.94 bits per heavy atom. The van der Waals surface area contributed by atoms with Gasteiger partial charge in [0, 0.05) is 17.8 Å². The Bertz CT molecular complexity index is 366. The maximum atomic E-state index is 5.42. The van der Waals surface area contributed by atoms with Crippen LogP contribution in [-0.4, -0.2) is 22.6 Å². The third-order valence-corrected chi connectivity index (χ3v) is 2.68. The monoisotopic (exact) mass is 251 g/mol. The molecule has 1 aromatic rings. The number of rotatable bonds is 7. The summed E-state index contributed by atoms with van der Waals surface area (Å²) in [7, 11) is 0. The van der Waals surface area contributed by atoms with Crippen molar-refractivity contribution in [3.8, 4) is 5.88 Å². The molecule has 0 saturated carbocycles. The first-order chi connectivity index (χ1) is 8.51. The van der Waals surface area contributed by atoms with Gasteiger partial charge in [-0.25, -0.2) is 4.98 Å². The van der Waals surface area contributed by atoms with Crippen LogP contribution in [0, 0.1) is 12.8 Å². The molecule has 0 spiro atoms. The Morgan fingerprint density at radius 3 is 2.56 bits per heavy atom. The van der Waals surface area contributed by atoms with Gasteiger partial charge in [0.15, 0.2) is 0 Å². The van der Waals surface area contributed by atoms with E-state index in [1.54, 1.807) is 0 Å². The average Bonchev–Trinajstić information content (AvgIpc) is 2.26. The minimum Gasteiger partial charge on any atom is -0.478 e. The molecule has 1 rings (SSSR count). The van der Waals surface area contributed by atoms with Gasteiger partial charge < -0.3 is 10.1 Å². The van der Waals surface area contributed by atoms with Crippen LogP contribution in [0.15, 0.2) is 6.07 Å². The molecule has 0 amide bonds. The Hall–Kier alpha value is -1.32. The van der Waals surface area contributed by atoms with E-state index in [1.807, 2.05) is 19.9 Å². The lowest BCUT2D eigenvalue weighted by Gasteiger charge is -2.15. The first-order valence-corrected chi connectivity index (χ1v) is 6.76. The van der Waals surface area contributed by atoms with Crippen LogP contribution in [0.4, 0.5) is 5.95 Å². The molecular formula is C14H25N3O. The van der Waals surface area contributed by atoms with Crippen molar-refractivity contribution in [3.05, 3.63) is 11.8 Å². The van der Waals surface area contributed by atoms with Crippen molar-refractivity contribution >= 4 is 5.95 Å². The van der Waals surface area contributed by atoms with E-state index >= 15 is 0 Å². The van der Waals surface area contributed by atoms with Crippen molar-refractivity contribution < 1.29 is 4.74 Å². The van der Waals surface area contributed by atoms with Crippen molar-refractivity contribution in [1.29, 1.82) is 0 Å². The fourth-order valence-corrected chi connectivity index (χ4v) is 1.70. The third-order valence-electron chi connectivity index (χ3n) is 2.68. The fraction of sp³-hybridized carbons (Fsp3) is 0.714. The quantitative estimate of drug-likeness (QED) is 0.806. The van der Waals surface area contributed by atoms with Crippen LogP contribution in [-0.2, 0) is 0 Å². The summed E-state index contributed by atoms with van der Waals surface area (Å²) < 4.78 is 5.42. The van der Waals surface area contributed by atoms with Crippen LogP contribution >= 0.6 is 0 Å². The summed E-state index contributed by atoms with van der Waals surface area (Å²) >= 11 is 0. The number of nitrogens with zero attached hydrogens (tertiary/aromatic N) is 2. The van der Waals surface area contributed by atoms with Crippen LogP contribution in [0.5, 0.6) is 5.88 Å². The van der Waals surface area contributed by atoms with Crippen molar-refractivity contribution in [1.82, 2.24) is 9.97 Å². The molecule has 18 heavy (non-hydrogen) atoms. The SMILES string of the molecule is CCOc1cc(C)nc(NC(C)CCC(C)C)n1. The molecule has 0 aliphatic heterocycles. The second kappa shape index (κ2) is 7.19. The zero-order chi connectivity index (χ0) is 13.5. The number of hydrogen-bond donors (Lipinski definition) is 1. The van der Waals surface area contributed by atoms with E-state index in [0.717, 1.165) is 18.0 Å². The van der Waals surface area contributed by atoms with E-state index in [2.05, 4.69) is 36.1 Å². The molecule has 1 heterocycles. The summed E-state index contributed by atoms with van der Waals surface area (Å²) in [6.07, 6.45) is 2.33. The fourth-order valence-electron chi connectivity index (χ4n) is 1.70. The summed E-state index contributed by atoms with van der Waals surface area (Å²) in [4.78, 5) is 8.73. The van der Waals surface area contributed by atoms with Crippen LogP contribution in [0.3, 0.4) is 0 Å². The second-order valence-electron chi connectivity index (χ2n) is 5.12. The Labute approximate surface area is 110 Å². The van der Waals surface area contributed by atoms with Gasteiger partial charge in [0.05, 0.1) is 6.61 Å². The summed E-state index contributed by atoms with van der Waals surface area (Å²) in [6.45, 7) is 11.2. The highest BCUT2D eigenvalue weighted by Gasteiger charge is 2.07. The van der Waals surface area contributed by atoms with E-state index in [0.29, 0.717) is 24.5 Å². The van der Waals surface area contributed by atoms with Crippen LogP contribution in [0.1, 0.15) is 46.2 Å². The minimum atomic E-state index is 0.378. The van der Waals surface area contributed by atoms with Gasteiger partial charge in [-0.2, -0.15) is 4.98 Å². The normalized spacial score (nSPS) is 12.6. The molecule has 1 aromatic heterocycles. The molecule has 0 aromatic carbocycles. The Morgan fingerprint density at radius 1 is 1.22 bits per heavy atom. The molecule has 0 aliphatic rings. The van der Waals surface area contributed by atoms with Gasteiger partial charge in [0.2, 0.25) is 11.8 Å². The molecule has 0 radical (unpaired) electrons. The number of aryl methyl sites for hydroxylation is 1. The smallest absolute Gasteiger partial charge is 0.226 e. The predicted molar refractivity (Wildman–Crippen MR) is 75.1 cm³/mol. The zero-order valence-electron chi connectivity index (χ0n) is 12.2. The van der Waals surface area contributed by atoms with Crippen molar-refractivity contribution in [2.45, 2.75) is 53.5 Å². The maximum absolute atomic E-state index is 5.42. The predicted octanol–water partition coefficient (Wildman–Crippen LogP) is 3.42. The number of anilines is 1. The summed E-state index contributed by atoms with van der Waals surface area (Å²) in [5, 5.41) is 3.33. The molecule has 0 aliphatic carbocycles. The van der Waals surface area contributed by atoms with Gasteiger partial charge in [-0.1, -0.05) is 13.8 Å². The minimum absolute atomic E-state index is 0.378. The van der Waals surface area contributed by atoms with Gasteiger partial charge in [-0.3, -0.25) is 0 Å². The van der Waals surface area contributed by atoms with Crippen LogP contribution in [0.2, 0.25) is 0 Å². The largest absolute Gasteiger partial charge is 0.478 e. The van der Waals surface area contributed by atoms with Gasteiger partial charge in [-0.05, 0) is 39.5 Å². The second-order valence-corrected chi connectivity index (χ2v) is 5.12. The topological polar surface area (TPSA) is 47.0 Å². The first kappa shape index (κ1) is 14.7. The van der Waals surface area contributed by atoms with Crippen molar-refractivity contribution in [3.63, 3.8) is 0 Å². The molecule has 4 heteroatoms. The van der Waals surface area contributed by atoms with Gasteiger partial charge in [0.1, 0.15) is 0 Å². The van der Waals surface area contributed by atoms with Gasteiger partial charge in [-0.15, -0.1) is 0 Å². The van der Waals surface area contributed by atoms with E-state index in [9.17, 15) is 0 Å². The Balaban J connectivity index is 2.60. The van der Waals surface area contributed by atoms with E-state index in [1.165, 1.54) is 6.42 Å². The molecule has 0 bridgehead atoms. The number of nitrogens with one attached hydrogen (secondary N) is 1. The lowest BCUT2D eigenvalue weighted by atomic mass is 10.0. The summed E-state index contributed by atoms with van der Waals surface area (Å²) in [5.41, 5.74) is 0.923. The first-order valence-electron chi connectivity index (χ1n) is 6.76. The highest BCUT2D eigenvalue weighted by molar-refractivity contribution is 5.31. The highest BCUT2D eigenvalue weighted by Crippen LogP contribution is 2.14. The lowest BCUT2D eigenvalue weighted by Crippen LogP contribution is -2.18. The van der Waals surface area contributed by atoms with Crippen molar-refractivity contribution in [2.24, 2.45) is 5.92 Å². The zero-order valence-corrected chi connectivity index (χ0v) is 12.2. The molecular weight excluding hydrogens is 226 g/mol. The van der Waals surface area contributed by atoms with E-state index in [-0.39, 0.29) is 0 Å². The molecule has 1 unspecified atom stereocenters. The highest BCUT2D eigenvalue weighted by atomic mass is 16.5.